The summed E-state index contributed by atoms with van der Waals surface area (Å²) in [6, 6.07) is 2.99. The Morgan fingerprint density at radius 2 is 1.90 bits per heavy atom. The van der Waals surface area contributed by atoms with Crippen molar-refractivity contribution >= 4 is 37.2 Å². The Morgan fingerprint density at radius 3 is 2.10 bits per heavy atom. The monoisotopic (exact) mass is 204 g/mol. The molecule has 10 heavy (non-hydrogen) atoms. The Morgan fingerprint density at radius 1 is 1.30 bits per heavy atom. The van der Waals surface area contributed by atoms with E-state index >= 15 is 0 Å². The molecule has 1 rings (SSSR count). The van der Waals surface area contributed by atoms with Gasteiger partial charge < -0.3 is 0 Å². The Hall–Kier alpha value is -0.250. The molecule has 0 fully saturated rings. The van der Waals surface area contributed by atoms with Gasteiger partial charge in [-0.1, -0.05) is 0 Å². The molecule has 0 amide bonds. The Bertz CT molecular complexity index is 184. The van der Waals surface area contributed by atoms with Crippen molar-refractivity contribution in [1.29, 1.82) is 0 Å². The first kappa shape index (κ1) is 16.4. The number of nitrogens with one attached hydrogen (secondary N) is 1. The van der Waals surface area contributed by atoms with Crippen molar-refractivity contribution in [3.8, 4) is 0 Å². The summed E-state index contributed by atoms with van der Waals surface area (Å²) in [5, 5.41) is 5.67. The molecule has 0 bridgehead atoms. The largest absolute Gasteiger partial charge is 0.268 e. The van der Waals surface area contributed by atoms with Crippen molar-refractivity contribution < 1.29 is 0 Å². The molecule has 1 N–H and O–H groups in total. The number of hydrogen-bond donors (Lipinski definition) is 1. The number of aromatic amines is 1. The Labute approximate surface area is 76.5 Å². The van der Waals surface area contributed by atoms with E-state index < -0.39 is 0 Å². The normalized spacial score (nSPS) is 6.00. The first-order chi connectivity index (χ1) is 3.39. The zero-order chi connectivity index (χ0) is 5.11. The first-order valence-corrected chi connectivity index (χ1v) is 1.89. The molecular formula is C4H7Cl3N2O. The number of rotatable bonds is 0. The number of aromatic nitrogens is 2. The van der Waals surface area contributed by atoms with Crippen LogP contribution in [0, 0.1) is 0 Å². The molecule has 0 spiro atoms. The zero-order valence-electron chi connectivity index (χ0n) is 4.81. The van der Waals surface area contributed by atoms with E-state index in [0.29, 0.717) is 0 Å². The number of H-pyrrole nitrogens is 1. The van der Waals surface area contributed by atoms with Gasteiger partial charge in [0.2, 0.25) is 0 Å². The molecule has 3 nitrogen and oxygen atoms in total. The van der Waals surface area contributed by atoms with E-state index in [1.165, 1.54) is 12.3 Å². The van der Waals surface area contributed by atoms with Crippen LogP contribution in [0.2, 0.25) is 0 Å². The third-order valence-electron chi connectivity index (χ3n) is 0.583. The highest BCUT2D eigenvalue weighted by molar-refractivity contribution is 5.86. The van der Waals surface area contributed by atoms with E-state index in [1.54, 1.807) is 6.07 Å². The van der Waals surface area contributed by atoms with Crippen LogP contribution in [-0.2, 0) is 0 Å². The Kier molecular flexibility index (Phi) is 14.3. The lowest BCUT2D eigenvalue weighted by Crippen LogP contribution is -2.02. The molecule has 0 aliphatic carbocycles. The van der Waals surface area contributed by atoms with Gasteiger partial charge in [0.1, 0.15) is 0 Å². The fourth-order valence-corrected chi connectivity index (χ4v) is 0.312. The average molecular weight is 205 g/mol. The second-order valence-electron chi connectivity index (χ2n) is 1.11. The molecule has 0 aliphatic rings. The quantitative estimate of drug-likeness (QED) is 0.688. The lowest BCUT2D eigenvalue weighted by molar-refractivity contribution is 0.988. The van der Waals surface area contributed by atoms with Gasteiger partial charge in [0.25, 0.3) is 5.56 Å². The van der Waals surface area contributed by atoms with Crippen molar-refractivity contribution in [3.63, 3.8) is 0 Å². The van der Waals surface area contributed by atoms with Crippen LogP contribution < -0.4 is 5.56 Å². The van der Waals surface area contributed by atoms with Gasteiger partial charge in [-0.15, -0.1) is 37.2 Å². The second-order valence-corrected chi connectivity index (χ2v) is 1.11. The third kappa shape index (κ3) is 5.88. The fraction of sp³-hybridized carbons (Fsp3) is 0. The highest BCUT2D eigenvalue weighted by Gasteiger charge is 1.70. The maximum Gasteiger partial charge on any atom is 0.264 e. The molecule has 0 unspecified atom stereocenters. The van der Waals surface area contributed by atoms with E-state index in [0.717, 1.165) is 0 Å². The lowest BCUT2D eigenvalue weighted by atomic mass is 10.6. The molecule has 60 valence electrons. The van der Waals surface area contributed by atoms with Crippen molar-refractivity contribution in [1.82, 2.24) is 10.2 Å². The van der Waals surface area contributed by atoms with E-state index in [-0.39, 0.29) is 42.8 Å². The number of nitrogens with zero attached hydrogens (tertiary/aromatic N) is 1. The van der Waals surface area contributed by atoms with Crippen LogP contribution in [0.1, 0.15) is 0 Å². The van der Waals surface area contributed by atoms with Crippen LogP contribution in [0.15, 0.2) is 23.1 Å². The summed E-state index contributed by atoms with van der Waals surface area (Å²) in [6.45, 7) is 0. The molecular weight excluding hydrogens is 198 g/mol. The van der Waals surface area contributed by atoms with E-state index in [4.69, 9.17) is 0 Å². The minimum Gasteiger partial charge on any atom is -0.268 e. The highest BCUT2D eigenvalue weighted by Crippen LogP contribution is 1.60. The molecule has 6 heteroatoms. The highest BCUT2D eigenvalue weighted by atomic mass is 35.5. The average Bonchev–Trinajstić information content (AvgIpc) is 1.69. The molecule has 1 aromatic rings. The van der Waals surface area contributed by atoms with Gasteiger partial charge in [0.15, 0.2) is 0 Å². The van der Waals surface area contributed by atoms with Crippen molar-refractivity contribution in [2.24, 2.45) is 0 Å². The van der Waals surface area contributed by atoms with Crippen molar-refractivity contribution in [2.75, 3.05) is 0 Å². The summed E-state index contributed by atoms with van der Waals surface area (Å²) in [6.07, 6.45) is 1.52. The molecule has 1 aromatic heterocycles. The molecule has 0 radical (unpaired) electrons. The summed E-state index contributed by atoms with van der Waals surface area (Å²) in [4.78, 5) is 10.2. The summed E-state index contributed by atoms with van der Waals surface area (Å²) < 4.78 is 0. The van der Waals surface area contributed by atoms with Crippen LogP contribution in [0.3, 0.4) is 0 Å². The van der Waals surface area contributed by atoms with E-state index in [2.05, 4.69) is 10.2 Å². The van der Waals surface area contributed by atoms with Crippen LogP contribution in [-0.4, -0.2) is 10.2 Å². The van der Waals surface area contributed by atoms with Gasteiger partial charge in [0, 0.05) is 12.3 Å². The summed E-state index contributed by atoms with van der Waals surface area (Å²) in [5.41, 5.74) is -0.164. The van der Waals surface area contributed by atoms with Crippen LogP contribution >= 0.6 is 37.2 Å². The van der Waals surface area contributed by atoms with Crippen LogP contribution in [0.25, 0.3) is 0 Å². The maximum absolute atomic E-state index is 10.2. The van der Waals surface area contributed by atoms with Gasteiger partial charge >= 0.3 is 0 Å². The number of halogens is 3. The lowest BCUT2D eigenvalue weighted by Gasteiger charge is -1.72. The van der Waals surface area contributed by atoms with Gasteiger partial charge in [-0.2, -0.15) is 5.10 Å². The van der Waals surface area contributed by atoms with Gasteiger partial charge in [-0.05, 0) is 6.07 Å². The minimum absolute atomic E-state index is 0. The predicted octanol–water partition coefficient (Wildman–Crippen LogP) is 1.04. The fourth-order valence-electron chi connectivity index (χ4n) is 0.312. The van der Waals surface area contributed by atoms with Gasteiger partial charge in [-0.3, -0.25) is 4.79 Å². The summed E-state index contributed by atoms with van der Waals surface area (Å²) in [5.74, 6) is 0. The van der Waals surface area contributed by atoms with Crippen LogP contribution in [0.4, 0.5) is 0 Å². The smallest absolute Gasteiger partial charge is 0.264 e. The SMILES string of the molecule is Cl.Cl.Cl.O=c1cccn[nH]1. The van der Waals surface area contributed by atoms with Gasteiger partial charge in [-0.25, -0.2) is 5.10 Å². The van der Waals surface area contributed by atoms with Crippen LogP contribution in [0.5, 0.6) is 0 Å². The van der Waals surface area contributed by atoms with E-state index in [9.17, 15) is 4.79 Å². The maximum atomic E-state index is 10.2. The molecule has 0 aliphatic heterocycles. The molecule has 0 saturated carbocycles. The van der Waals surface area contributed by atoms with Gasteiger partial charge in [0.05, 0.1) is 0 Å². The predicted molar refractivity (Wildman–Crippen MR) is 46.6 cm³/mol. The molecule has 0 aromatic carbocycles. The second kappa shape index (κ2) is 8.75. The topological polar surface area (TPSA) is 45.8 Å². The Balaban J connectivity index is -0.000000163. The molecule has 1 heterocycles. The summed E-state index contributed by atoms with van der Waals surface area (Å²) >= 11 is 0. The minimum atomic E-state index is -0.164. The third-order valence-corrected chi connectivity index (χ3v) is 0.583. The summed E-state index contributed by atoms with van der Waals surface area (Å²) in [7, 11) is 0. The van der Waals surface area contributed by atoms with Crippen molar-refractivity contribution in [3.05, 3.63) is 28.7 Å². The molecule has 0 atom stereocenters. The first-order valence-electron chi connectivity index (χ1n) is 1.89. The van der Waals surface area contributed by atoms with E-state index in [1.807, 2.05) is 0 Å². The molecule has 0 saturated heterocycles. The zero-order valence-corrected chi connectivity index (χ0v) is 7.26. The standard InChI is InChI=1S/C4H4N2O.3ClH/c7-4-2-1-3-5-6-4;;;/h1-3H,(H,6,7);3*1H. The van der Waals surface area contributed by atoms with Crippen molar-refractivity contribution in [2.45, 2.75) is 0 Å². The number of hydrogen-bond acceptors (Lipinski definition) is 2.